The van der Waals surface area contributed by atoms with Crippen molar-refractivity contribution in [3.8, 4) is 0 Å². The Labute approximate surface area is 178 Å². The van der Waals surface area contributed by atoms with Crippen LogP contribution in [0.15, 0.2) is 21.8 Å². The number of fused-ring (bicyclic) bond motifs is 1. The highest BCUT2D eigenvalue weighted by Gasteiger charge is 2.53. The van der Waals surface area contributed by atoms with Gasteiger partial charge in [-0.15, -0.1) is 23.1 Å². The predicted molar refractivity (Wildman–Crippen MR) is 104 cm³/mol. The molecule has 0 spiro atoms. The van der Waals surface area contributed by atoms with Crippen LogP contribution in [0.1, 0.15) is 12.6 Å². The van der Waals surface area contributed by atoms with Gasteiger partial charge < -0.3 is 30.5 Å². The molecule has 0 aliphatic carbocycles. The Bertz CT molecular complexity index is 973. The number of thioether (sulfide) groups is 1. The molecule has 3 heterocycles. The van der Waals surface area contributed by atoms with Crippen LogP contribution in [-0.4, -0.2) is 70.2 Å². The molecule has 0 saturated carbocycles. The first-order valence-electron chi connectivity index (χ1n) is 8.39. The maximum absolute atomic E-state index is 12.6. The number of esters is 1. The third-order valence-electron chi connectivity index (χ3n) is 4.14. The fraction of sp³-hybridized carbons (Fsp3) is 0.375. The molecule has 0 aromatic carbocycles. The van der Waals surface area contributed by atoms with Crippen LogP contribution in [0, 0.1) is 0 Å². The van der Waals surface area contributed by atoms with Crippen LogP contribution in [0.5, 0.6) is 0 Å². The van der Waals surface area contributed by atoms with E-state index in [0.717, 1.165) is 16.2 Å². The van der Waals surface area contributed by atoms with Gasteiger partial charge >= 0.3 is 5.97 Å². The van der Waals surface area contributed by atoms with Crippen molar-refractivity contribution < 1.29 is 33.9 Å². The molecular formula is C16H16N5O7S2-. The minimum atomic E-state index is -1.57. The van der Waals surface area contributed by atoms with Gasteiger partial charge in [-0.25, -0.2) is 4.98 Å². The quantitative estimate of drug-likeness (QED) is 0.204. The summed E-state index contributed by atoms with van der Waals surface area (Å²) >= 11 is 2.32. The second kappa shape index (κ2) is 8.71. The van der Waals surface area contributed by atoms with E-state index in [4.69, 9.17) is 10.5 Å². The number of hydrogen-bond acceptors (Lipinski definition) is 12. The maximum Gasteiger partial charge on any atom is 0.302 e. The lowest BCUT2D eigenvalue weighted by Gasteiger charge is -2.50. The van der Waals surface area contributed by atoms with Gasteiger partial charge in [-0.05, 0) is 0 Å². The molecule has 2 atom stereocenters. The second-order valence-corrected chi connectivity index (χ2v) is 8.07. The summed E-state index contributed by atoms with van der Waals surface area (Å²) in [5.74, 6) is -3.35. The number of carbonyl (C=O) groups is 4. The van der Waals surface area contributed by atoms with E-state index in [2.05, 4.69) is 20.3 Å². The Morgan fingerprint density at radius 2 is 2.20 bits per heavy atom. The van der Waals surface area contributed by atoms with Crippen molar-refractivity contribution in [2.75, 3.05) is 25.2 Å². The van der Waals surface area contributed by atoms with Gasteiger partial charge in [0, 0.05) is 23.6 Å². The summed E-state index contributed by atoms with van der Waals surface area (Å²) in [7, 11) is 1.25. The number of nitrogens with two attached hydrogens (primary N) is 1. The normalized spacial score (nSPS) is 20.9. The van der Waals surface area contributed by atoms with Crippen molar-refractivity contribution >= 4 is 57.7 Å². The molecule has 0 radical (unpaired) electrons. The first-order valence-corrected chi connectivity index (χ1v) is 10.3. The topological polar surface area (TPSA) is 176 Å². The lowest BCUT2D eigenvalue weighted by atomic mass is 10.0. The van der Waals surface area contributed by atoms with Crippen molar-refractivity contribution in [3.63, 3.8) is 0 Å². The average Bonchev–Trinajstić information content (AvgIpc) is 3.13. The number of nitrogen functional groups attached to an aromatic ring is 1. The molecule has 2 amide bonds. The molecule has 1 saturated heterocycles. The monoisotopic (exact) mass is 454 g/mol. The third kappa shape index (κ3) is 4.09. The first kappa shape index (κ1) is 21.6. The zero-order chi connectivity index (χ0) is 22.0. The molecule has 1 aromatic heterocycles. The van der Waals surface area contributed by atoms with Crippen molar-refractivity contribution in [3.05, 3.63) is 22.3 Å². The Balaban J connectivity index is 1.77. The number of ether oxygens (including phenoxy) is 1. The van der Waals surface area contributed by atoms with Gasteiger partial charge in [0.15, 0.2) is 10.8 Å². The Morgan fingerprint density at radius 1 is 1.47 bits per heavy atom. The fourth-order valence-electron chi connectivity index (χ4n) is 2.87. The molecule has 0 bridgehead atoms. The molecule has 14 heteroatoms. The standard InChI is InChI=1S/C16H17N5O7S2/c1-6(22)28-3-7-4-29-14-10(13(24)21(14)11(7)15(25)26)19-12(23)9(20-27-2)8-5-30-16(17)18-8/h5,10,14H,3-4H2,1-2H3,(H2,17,18)(H,19,23)(H,25,26)/p-1. The number of amides is 2. The van der Waals surface area contributed by atoms with Gasteiger partial charge in [-0.1, -0.05) is 5.16 Å². The molecule has 3 N–H and O–H groups in total. The molecule has 1 fully saturated rings. The van der Waals surface area contributed by atoms with Gasteiger partial charge in [0.25, 0.3) is 11.8 Å². The van der Waals surface area contributed by atoms with Crippen LogP contribution in [-0.2, 0) is 28.8 Å². The van der Waals surface area contributed by atoms with Crippen LogP contribution in [0.2, 0.25) is 0 Å². The highest BCUT2D eigenvalue weighted by Crippen LogP contribution is 2.40. The van der Waals surface area contributed by atoms with E-state index in [0.29, 0.717) is 0 Å². The summed E-state index contributed by atoms with van der Waals surface area (Å²) in [5.41, 5.74) is 5.46. The van der Waals surface area contributed by atoms with Crippen molar-refractivity contribution in [2.45, 2.75) is 18.3 Å². The number of anilines is 1. The third-order valence-corrected chi connectivity index (χ3v) is 6.15. The van der Waals surface area contributed by atoms with Crippen LogP contribution < -0.4 is 16.2 Å². The summed E-state index contributed by atoms with van der Waals surface area (Å²) in [6.45, 7) is 0.919. The number of aliphatic carboxylic acids is 1. The summed E-state index contributed by atoms with van der Waals surface area (Å²) in [6, 6.07) is -0.995. The smallest absolute Gasteiger partial charge is 0.302 e. The highest BCUT2D eigenvalue weighted by atomic mass is 32.2. The summed E-state index contributed by atoms with van der Waals surface area (Å²) in [6.07, 6.45) is 0. The zero-order valence-corrected chi connectivity index (χ0v) is 17.4. The van der Waals surface area contributed by atoms with E-state index in [1.807, 2.05) is 0 Å². The van der Waals surface area contributed by atoms with Crippen molar-refractivity contribution in [1.82, 2.24) is 15.2 Å². The Kier molecular flexibility index (Phi) is 6.26. The number of nitrogens with zero attached hydrogens (tertiary/aromatic N) is 3. The highest BCUT2D eigenvalue weighted by molar-refractivity contribution is 8.00. The Morgan fingerprint density at radius 3 is 2.77 bits per heavy atom. The minimum Gasteiger partial charge on any atom is -0.543 e. The lowest BCUT2D eigenvalue weighted by molar-refractivity contribution is -0.301. The minimum absolute atomic E-state index is 0.177. The number of nitrogens with one attached hydrogen (secondary N) is 1. The van der Waals surface area contributed by atoms with Gasteiger partial charge in [-0.2, -0.15) is 0 Å². The molecular weight excluding hydrogens is 438 g/mol. The van der Waals surface area contributed by atoms with Crippen LogP contribution in [0.4, 0.5) is 5.13 Å². The molecule has 12 nitrogen and oxygen atoms in total. The molecule has 2 aliphatic heterocycles. The van der Waals surface area contributed by atoms with Crippen molar-refractivity contribution in [2.24, 2.45) is 5.16 Å². The number of thiazole rings is 1. The summed E-state index contributed by atoms with van der Waals surface area (Å²) < 4.78 is 4.85. The van der Waals surface area contributed by atoms with Crippen molar-refractivity contribution in [1.29, 1.82) is 0 Å². The number of β-lactam (4-membered cyclic amide) rings is 1. The number of aromatic nitrogens is 1. The van der Waals surface area contributed by atoms with Crippen LogP contribution >= 0.6 is 23.1 Å². The summed E-state index contributed by atoms with van der Waals surface area (Å²) in [4.78, 5) is 57.5. The van der Waals surface area contributed by atoms with E-state index in [-0.39, 0.29) is 40.2 Å². The SMILES string of the molecule is CON=C(C(=O)NC1C(=O)N2C(C(=O)[O-])=C(COC(C)=O)CSC12)c1csc(N)n1. The number of hydrogen-bond donors (Lipinski definition) is 2. The van der Waals surface area contributed by atoms with Gasteiger partial charge in [0.2, 0.25) is 0 Å². The van der Waals surface area contributed by atoms with Gasteiger partial charge in [-0.3, -0.25) is 19.3 Å². The maximum atomic E-state index is 12.6. The number of rotatable bonds is 7. The van der Waals surface area contributed by atoms with Gasteiger partial charge in [0.05, 0.1) is 11.7 Å². The fourth-order valence-corrected chi connectivity index (χ4v) is 4.75. The number of carboxylic acid groups (broad SMARTS) is 1. The molecule has 160 valence electrons. The Hall–Kier alpha value is -3.13. The molecule has 30 heavy (non-hydrogen) atoms. The first-order chi connectivity index (χ1) is 14.2. The molecule has 3 rings (SSSR count). The van der Waals surface area contributed by atoms with E-state index < -0.39 is 35.2 Å². The molecule has 2 unspecified atom stereocenters. The second-order valence-electron chi connectivity index (χ2n) is 6.07. The van der Waals surface area contributed by atoms with E-state index in [1.165, 1.54) is 31.2 Å². The summed E-state index contributed by atoms with van der Waals surface area (Å²) in [5, 5.41) is 18.8. The van der Waals surface area contributed by atoms with Crippen LogP contribution in [0.3, 0.4) is 0 Å². The largest absolute Gasteiger partial charge is 0.543 e. The van der Waals surface area contributed by atoms with E-state index in [9.17, 15) is 24.3 Å². The van der Waals surface area contributed by atoms with E-state index in [1.54, 1.807) is 0 Å². The number of carboxylic acids is 1. The van der Waals surface area contributed by atoms with Crippen LogP contribution in [0.25, 0.3) is 0 Å². The van der Waals surface area contributed by atoms with E-state index >= 15 is 0 Å². The number of carbonyl (C=O) groups excluding carboxylic acids is 4. The average molecular weight is 454 g/mol. The number of oxime groups is 1. The lowest BCUT2D eigenvalue weighted by Crippen LogP contribution is -2.71. The van der Waals surface area contributed by atoms with Gasteiger partial charge in [0.1, 0.15) is 30.8 Å². The molecule has 2 aliphatic rings. The zero-order valence-electron chi connectivity index (χ0n) is 15.7. The molecule has 1 aromatic rings. The predicted octanol–water partition coefficient (Wildman–Crippen LogP) is -1.96.